The van der Waals surface area contributed by atoms with Gasteiger partial charge >= 0.3 is 0 Å². The highest BCUT2D eigenvalue weighted by Gasteiger charge is 2.15. The number of nitrogens with zero attached hydrogens (tertiary/aromatic N) is 2. The fraction of sp³-hybridized carbons (Fsp3) is 0.308. The Morgan fingerprint density at radius 3 is 2.67 bits per heavy atom. The molecule has 0 radical (unpaired) electrons. The van der Waals surface area contributed by atoms with Crippen molar-refractivity contribution in [2.45, 2.75) is 26.4 Å². The van der Waals surface area contributed by atoms with Crippen molar-refractivity contribution < 1.29 is 0 Å². The molecule has 1 aromatic rings. The Bertz CT molecular complexity index is 379. The number of hydrogen-bond acceptors (Lipinski definition) is 2. The van der Waals surface area contributed by atoms with Crippen molar-refractivity contribution >= 4 is 5.84 Å². The molecule has 0 unspecified atom stereocenters. The SMILES string of the molecule is CC1=NC=C[C@H](C)N1Cc1ccccc1. The lowest BCUT2D eigenvalue weighted by Gasteiger charge is -2.30. The summed E-state index contributed by atoms with van der Waals surface area (Å²) < 4.78 is 0. The van der Waals surface area contributed by atoms with E-state index in [0.717, 1.165) is 12.4 Å². The van der Waals surface area contributed by atoms with Gasteiger partial charge in [-0.05, 0) is 25.5 Å². The lowest BCUT2D eigenvalue weighted by Crippen LogP contribution is -2.36. The third-order valence-electron chi connectivity index (χ3n) is 2.73. The molecule has 0 spiro atoms. The van der Waals surface area contributed by atoms with Crippen molar-refractivity contribution in [3.05, 3.63) is 48.2 Å². The maximum absolute atomic E-state index is 4.32. The molecular weight excluding hydrogens is 184 g/mol. The first-order chi connectivity index (χ1) is 7.27. The minimum Gasteiger partial charge on any atom is -0.350 e. The van der Waals surface area contributed by atoms with E-state index in [9.17, 15) is 0 Å². The van der Waals surface area contributed by atoms with Gasteiger partial charge in [-0.3, -0.25) is 0 Å². The fourth-order valence-electron chi connectivity index (χ4n) is 1.79. The van der Waals surface area contributed by atoms with Crippen molar-refractivity contribution in [1.29, 1.82) is 0 Å². The summed E-state index contributed by atoms with van der Waals surface area (Å²) in [6.07, 6.45) is 4.01. The van der Waals surface area contributed by atoms with E-state index in [1.54, 1.807) is 0 Å². The first-order valence-corrected chi connectivity index (χ1v) is 5.29. The molecule has 2 rings (SSSR count). The van der Waals surface area contributed by atoms with Crippen molar-refractivity contribution in [3.8, 4) is 0 Å². The Morgan fingerprint density at radius 2 is 2.00 bits per heavy atom. The minimum atomic E-state index is 0.433. The van der Waals surface area contributed by atoms with Gasteiger partial charge in [0.05, 0.1) is 0 Å². The van der Waals surface area contributed by atoms with Crippen LogP contribution < -0.4 is 0 Å². The van der Waals surface area contributed by atoms with Gasteiger partial charge in [0, 0.05) is 18.8 Å². The third kappa shape index (κ3) is 2.27. The number of benzene rings is 1. The zero-order valence-corrected chi connectivity index (χ0v) is 9.22. The molecule has 0 aromatic heterocycles. The predicted octanol–water partition coefficient (Wildman–Crippen LogP) is 2.82. The Hall–Kier alpha value is -1.57. The zero-order chi connectivity index (χ0) is 10.7. The van der Waals surface area contributed by atoms with Gasteiger partial charge in [-0.15, -0.1) is 0 Å². The third-order valence-corrected chi connectivity index (χ3v) is 2.73. The molecule has 2 heteroatoms. The number of amidine groups is 1. The van der Waals surface area contributed by atoms with Crippen molar-refractivity contribution in [1.82, 2.24) is 4.90 Å². The lowest BCUT2D eigenvalue weighted by atomic mass is 10.1. The molecule has 0 N–H and O–H groups in total. The monoisotopic (exact) mass is 200 g/mol. The molecule has 0 saturated heterocycles. The van der Waals surface area contributed by atoms with Gasteiger partial charge in [0.15, 0.2) is 0 Å². The van der Waals surface area contributed by atoms with E-state index >= 15 is 0 Å². The van der Waals surface area contributed by atoms with E-state index in [1.807, 2.05) is 12.3 Å². The largest absolute Gasteiger partial charge is 0.350 e. The van der Waals surface area contributed by atoms with Crippen LogP contribution in [-0.2, 0) is 6.54 Å². The number of rotatable bonds is 2. The van der Waals surface area contributed by atoms with Gasteiger partial charge in [-0.1, -0.05) is 30.3 Å². The average Bonchev–Trinajstić information content (AvgIpc) is 2.25. The maximum Gasteiger partial charge on any atom is 0.102 e. The quantitative estimate of drug-likeness (QED) is 0.716. The Balaban J connectivity index is 2.12. The van der Waals surface area contributed by atoms with Gasteiger partial charge in [0.2, 0.25) is 0 Å². The molecule has 0 saturated carbocycles. The first kappa shape index (κ1) is 9.97. The molecule has 1 aromatic carbocycles. The smallest absolute Gasteiger partial charge is 0.102 e. The molecule has 2 nitrogen and oxygen atoms in total. The average molecular weight is 200 g/mol. The molecular formula is C13H16N2. The van der Waals surface area contributed by atoms with Crippen LogP contribution in [0.1, 0.15) is 19.4 Å². The van der Waals surface area contributed by atoms with Crippen LogP contribution in [-0.4, -0.2) is 16.8 Å². The summed E-state index contributed by atoms with van der Waals surface area (Å²) in [6.45, 7) is 5.18. The van der Waals surface area contributed by atoms with Crippen LogP contribution in [0.4, 0.5) is 0 Å². The van der Waals surface area contributed by atoms with E-state index in [0.29, 0.717) is 6.04 Å². The Labute approximate surface area is 90.9 Å². The molecule has 0 amide bonds. The topological polar surface area (TPSA) is 15.6 Å². The van der Waals surface area contributed by atoms with Gasteiger partial charge < -0.3 is 4.90 Å². The summed E-state index contributed by atoms with van der Waals surface area (Å²) in [4.78, 5) is 6.62. The molecule has 1 heterocycles. The zero-order valence-electron chi connectivity index (χ0n) is 9.22. The minimum absolute atomic E-state index is 0.433. The highest BCUT2D eigenvalue weighted by atomic mass is 15.2. The van der Waals surface area contributed by atoms with Gasteiger partial charge in [-0.2, -0.15) is 0 Å². The standard InChI is InChI=1S/C13H16N2/c1-11-8-9-14-12(2)15(11)10-13-6-4-3-5-7-13/h3-9,11H,10H2,1-2H3/t11-/m0/s1. The van der Waals surface area contributed by atoms with Gasteiger partial charge in [0.25, 0.3) is 0 Å². The summed E-state index contributed by atoms with van der Waals surface area (Å²) in [5.41, 5.74) is 1.33. The molecule has 1 atom stereocenters. The molecule has 1 aliphatic rings. The second-order valence-electron chi connectivity index (χ2n) is 3.87. The summed E-state index contributed by atoms with van der Waals surface area (Å²) in [5.74, 6) is 1.09. The van der Waals surface area contributed by atoms with Crippen LogP contribution in [0.5, 0.6) is 0 Å². The van der Waals surface area contributed by atoms with Crippen LogP contribution in [0, 0.1) is 0 Å². The summed E-state index contributed by atoms with van der Waals surface area (Å²) in [7, 11) is 0. The molecule has 0 fully saturated rings. The van der Waals surface area contributed by atoms with Crippen LogP contribution in [0.15, 0.2) is 47.6 Å². The Kier molecular flexibility index (Phi) is 2.86. The second kappa shape index (κ2) is 4.30. The highest BCUT2D eigenvalue weighted by Crippen LogP contribution is 2.13. The molecule has 0 aliphatic carbocycles. The van der Waals surface area contributed by atoms with Gasteiger partial charge in [0.1, 0.15) is 5.84 Å². The van der Waals surface area contributed by atoms with E-state index < -0.39 is 0 Å². The van der Waals surface area contributed by atoms with E-state index in [1.165, 1.54) is 5.56 Å². The van der Waals surface area contributed by atoms with Crippen molar-refractivity contribution in [3.63, 3.8) is 0 Å². The number of aliphatic imine (C=N–C) groups is 1. The van der Waals surface area contributed by atoms with E-state index in [-0.39, 0.29) is 0 Å². The summed E-state index contributed by atoms with van der Waals surface area (Å²) in [5, 5.41) is 0. The number of hydrogen-bond donors (Lipinski definition) is 0. The summed E-state index contributed by atoms with van der Waals surface area (Å²) in [6, 6.07) is 10.9. The fourth-order valence-corrected chi connectivity index (χ4v) is 1.79. The highest BCUT2D eigenvalue weighted by molar-refractivity contribution is 5.81. The van der Waals surface area contributed by atoms with Crippen molar-refractivity contribution in [2.24, 2.45) is 4.99 Å². The van der Waals surface area contributed by atoms with E-state index in [2.05, 4.69) is 54.1 Å². The molecule has 0 bridgehead atoms. The van der Waals surface area contributed by atoms with Crippen LogP contribution in [0.2, 0.25) is 0 Å². The molecule has 78 valence electrons. The van der Waals surface area contributed by atoms with Crippen molar-refractivity contribution in [2.75, 3.05) is 0 Å². The van der Waals surface area contributed by atoms with Crippen LogP contribution in [0.3, 0.4) is 0 Å². The normalized spacial score (nSPS) is 20.3. The van der Waals surface area contributed by atoms with Crippen LogP contribution in [0.25, 0.3) is 0 Å². The maximum atomic E-state index is 4.32. The summed E-state index contributed by atoms with van der Waals surface area (Å²) >= 11 is 0. The van der Waals surface area contributed by atoms with Gasteiger partial charge in [-0.25, -0.2) is 4.99 Å². The Morgan fingerprint density at radius 1 is 1.27 bits per heavy atom. The first-order valence-electron chi connectivity index (χ1n) is 5.29. The predicted molar refractivity (Wildman–Crippen MR) is 63.7 cm³/mol. The lowest BCUT2D eigenvalue weighted by molar-refractivity contribution is 0.363. The second-order valence-corrected chi connectivity index (χ2v) is 3.87. The van der Waals surface area contributed by atoms with E-state index in [4.69, 9.17) is 0 Å². The molecule has 1 aliphatic heterocycles. The molecule has 15 heavy (non-hydrogen) atoms. The van der Waals surface area contributed by atoms with Crippen LogP contribution >= 0.6 is 0 Å².